The fourth-order valence-corrected chi connectivity index (χ4v) is 2.17. The number of amides is 1. The quantitative estimate of drug-likeness (QED) is 0.899. The van der Waals surface area contributed by atoms with Crippen molar-refractivity contribution in [1.29, 1.82) is 0 Å². The van der Waals surface area contributed by atoms with Gasteiger partial charge < -0.3 is 14.7 Å². The highest BCUT2D eigenvalue weighted by Gasteiger charge is 2.38. The number of carboxylic acid groups (broad SMARTS) is 1. The number of carbonyl (C=O) groups excluding carboxylic acids is 1. The Labute approximate surface area is 111 Å². The minimum absolute atomic E-state index is 0.0857. The van der Waals surface area contributed by atoms with E-state index in [0.717, 1.165) is 11.3 Å². The zero-order valence-electron chi connectivity index (χ0n) is 11.0. The molecule has 1 aromatic carbocycles. The van der Waals surface area contributed by atoms with E-state index in [9.17, 15) is 9.59 Å². The van der Waals surface area contributed by atoms with Crippen LogP contribution in [0.3, 0.4) is 0 Å². The summed E-state index contributed by atoms with van der Waals surface area (Å²) in [6.45, 7) is 3.85. The number of aliphatic carboxylic acids is 1. The van der Waals surface area contributed by atoms with Crippen molar-refractivity contribution in [3.63, 3.8) is 0 Å². The predicted octanol–water partition coefficient (Wildman–Crippen LogP) is 1.59. The highest BCUT2D eigenvalue weighted by atomic mass is 16.5. The van der Waals surface area contributed by atoms with Crippen LogP contribution in [0.5, 0.6) is 0 Å². The van der Waals surface area contributed by atoms with Crippen LogP contribution in [0.25, 0.3) is 0 Å². The molecule has 2 rings (SSSR count). The Balaban J connectivity index is 2.21. The molecule has 1 aliphatic heterocycles. The van der Waals surface area contributed by atoms with Gasteiger partial charge in [-0.2, -0.15) is 0 Å². The normalized spacial score (nSPS) is 23.5. The van der Waals surface area contributed by atoms with Crippen molar-refractivity contribution >= 4 is 17.6 Å². The second kappa shape index (κ2) is 5.01. The molecule has 1 saturated heterocycles. The van der Waals surface area contributed by atoms with Gasteiger partial charge in [-0.3, -0.25) is 9.59 Å². The molecule has 1 unspecified atom stereocenters. The van der Waals surface area contributed by atoms with E-state index in [1.54, 1.807) is 11.8 Å². The van der Waals surface area contributed by atoms with E-state index in [2.05, 4.69) is 0 Å². The lowest BCUT2D eigenvalue weighted by atomic mass is 9.99. The van der Waals surface area contributed by atoms with Crippen LogP contribution in [0.4, 0.5) is 5.69 Å². The molecule has 1 fully saturated rings. The van der Waals surface area contributed by atoms with Crippen molar-refractivity contribution in [2.75, 3.05) is 18.1 Å². The van der Waals surface area contributed by atoms with E-state index in [1.165, 1.54) is 0 Å². The zero-order valence-corrected chi connectivity index (χ0v) is 11.0. The number of nitrogens with zero attached hydrogens (tertiary/aromatic N) is 1. The molecule has 1 amide bonds. The Hall–Kier alpha value is -1.88. The number of carboxylic acids is 1. The van der Waals surface area contributed by atoms with Gasteiger partial charge in [-0.15, -0.1) is 0 Å². The lowest BCUT2D eigenvalue weighted by Gasteiger charge is -2.39. The third-order valence-electron chi connectivity index (χ3n) is 3.21. The van der Waals surface area contributed by atoms with Gasteiger partial charge >= 0.3 is 5.97 Å². The second-order valence-corrected chi connectivity index (χ2v) is 5.12. The first-order chi connectivity index (χ1) is 8.89. The molecule has 1 aromatic rings. The lowest BCUT2D eigenvalue weighted by molar-refractivity contribution is -0.151. The summed E-state index contributed by atoms with van der Waals surface area (Å²) in [6, 6.07) is 7.57. The van der Waals surface area contributed by atoms with Crippen molar-refractivity contribution in [2.24, 2.45) is 0 Å². The molecule has 5 nitrogen and oxygen atoms in total. The molecule has 1 aliphatic rings. The summed E-state index contributed by atoms with van der Waals surface area (Å²) in [7, 11) is 0. The topological polar surface area (TPSA) is 66.8 Å². The van der Waals surface area contributed by atoms with Crippen LogP contribution in [0.1, 0.15) is 18.9 Å². The Kier molecular flexibility index (Phi) is 3.57. The molecule has 0 radical (unpaired) electrons. The van der Waals surface area contributed by atoms with Gasteiger partial charge in [0.25, 0.3) is 5.91 Å². The molecule has 0 spiro atoms. The van der Waals surface area contributed by atoms with Gasteiger partial charge in [-0.05, 0) is 26.0 Å². The Morgan fingerprint density at radius 1 is 1.42 bits per heavy atom. The van der Waals surface area contributed by atoms with Gasteiger partial charge in [-0.25, -0.2) is 0 Å². The standard InChI is InChI=1S/C14H17NO4/c1-10-3-5-11(6-4-10)15-9-14(2,7-13(17)18)19-8-12(15)16/h3-6H,7-9H2,1-2H3,(H,17,18). The summed E-state index contributed by atoms with van der Waals surface area (Å²) < 4.78 is 5.39. The summed E-state index contributed by atoms with van der Waals surface area (Å²) >= 11 is 0. The van der Waals surface area contributed by atoms with E-state index < -0.39 is 11.6 Å². The fraction of sp³-hybridized carbons (Fsp3) is 0.429. The van der Waals surface area contributed by atoms with E-state index >= 15 is 0 Å². The van der Waals surface area contributed by atoms with Crippen molar-refractivity contribution < 1.29 is 19.4 Å². The van der Waals surface area contributed by atoms with E-state index in [4.69, 9.17) is 9.84 Å². The van der Waals surface area contributed by atoms with Gasteiger partial charge in [-0.1, -0.05) is 17.7 Å². The van der Waals surface area contributed by atoms with Gasteiger partial charge in [0.1, 0.15) is 6.61 Å². The number of anilines is 1. The number of carbonyl (C=O) groups is 2. The highest BCUT2D eigenvalue weighted by molar-refractivity contribution is 5.95. The maximum absolute atomic E-state index is 11.9. The molecule has 1 N–H and O–H groups in total. The molecule has 102 valence electrons. The summed E-state index contributed by atoms with van der Waals surface area (Å²) in [4.78, 5) is 24.4. The highest BCUT2D eigenvalue weighted by Crippen LogP contribution is 2.26. The monoisotopic (exact) mass is 263 g/mol. The summed E-state index contributed by atoms with van der Waals surface area (Å²) in [6.07, 6.45) is -0.122. The Bertz CT molecular complexity index is 497. The van der Waals surface area contributed by atoms with Crippen LogP contribution in [0.2, 0.25) is 0 Å². The number of benzene rings is 1. The summed E-state index contributed by atoms with van der Waals surface area (Å²) in [5.41, 5.74) is 1.04. The maximum atomic E-state index is 11.9. The lowest BCUT2D eigenvalue weighted by Crippen LogP contribution is -2.54. The molecular weight excluding hydrogens is 246 g/mol. The average Bonchev–Trinajstić information content (AvgIpc) is 2.33. The predicted molar refractivity (Wildman–Crippen MR) is 70.1 cm³/mol. The van der Waals surface area contributed by atoms with Crippen LogP contribution < -0.4 is 4.90 Å². The van der Waals surface area contributed by atoms with Crippen molar-refractivity contribution in [3.8, 4) is 0 Å². The van der Waals surface area contributed by atoms with Gasteiger partial charge in [0.15, 0.2) is 0 Å². The van der Waals surface area contributed by atoms with Crippen LogP contribution in [0.15, 0.2) is 24.3 Å². The molecule has 0 saturated carbocycles. The van der Waals surface area contributed by atoms with Crippen LogP contribution in [0, 0.1) is 6.92 Å². The first-order valence-electron chi connectivity index (χ1n) is 6.12. The molecule has 1 atom stereocenters. The SMILES string of the molecule is Cc1ccc(N2CC(C)(CC(=O)O)OCC2=O)cc1. The van der Waals surface area contributed by atoms with Gasteiger partial charge in [0.05, 0.1) is 18.6 Å². The first kappa shape index (κ1) is 13.5. The summed E-state index contributed by atoms with van der Waals surface area (Å²) in [5, 5.41) is 8.91. The van der Waals surface area contributed by atoms with Crippen molar-refractivity contribution in [1.82, 2.24) is 0 Å². The van der Waals surface area contributed by atoms with Crippen LogP contribution in [-0.2, 0) is 14.3 Å². The van der Waals surface area contributed by atoms with Gasteiger partial charge in [0, 0.05) is 5.69 Å². The Morgan fingerprint density at radius 2 is 2.05 bits per heavy atom. The average molecular weight is 263 g/mol. The van der Waals surface area contributed by atoms with Crippen molar-refractivity contribution in [2.45, 2.75) is 25.9 Å². The first-order valence-corrected chi connectivity index (χ1v) is 6.12. The number of hydrogen-bond acceptors (Lipinski definition) is 3. The number of hydrogen-bond donors (Lipinski definition) is 1. The van der Waals surface area contributed by atoms with Crippen LogP contribution >= 0.6 is 0 Å². The van der Waals surface area contributed by atoms with E-state index in [-0.39, 0.29) is 25.5 Å². The largest absolute Gasteiger partial charge is 0.481 e. The molecule has 19 heavy (non-hydrogen) atoms. The third-order valence-corrected chi connectivity index (χ3v) is 3.21. The smallest absolute Gasteiger partial charge is 0.306 e. The number of rotatable bonds is 3. The molecule has 5 heteroatoms. The van der Waals surface area contributed by atoms with Gasteiger partial charge in [0.2, 0.25) is 0 Å². The number of aryl methyl sites for hydroxylation is 1. The number of morpholine rings is 1. The van der Waals surface area contributed by atoms with Crippen molar-refractivity contribution in [3.05, 3.63) is 29.8 Å². The van der Waals surface area contributed by atoms with E-state index in [0.29, 0.717) is 0 Å². The summed E-state index contributed by atoms with van der Waals surface area (Å²) in [5.74, 6) is -1.08. The molecule has 1 heterocycles. The minimum atomic E-state index is -0.930. The number of ether oxygens (including phenoxy) is 1. The van der Waals surface area contributed by atoms with Crippen LogP contribution in [-0.4, -0.2) is 35.7 Å². The Morgan fingerprint density at radius 3 is 2.63 bits per heavy atom. The molecular formula is C14H17NO4. The fourth-order valence-electron chi connectivity index (χ4n) is 2.17. The minimum Gasteiger partial charge on any atom is -0.481 e. The van der Waals surface area contributed by atoms with E-state index in [1.807, 2.05) is 31.2 Å². The molecule has 0 bridgehead atoms. The zero-order chi connectivity index (χ0) is 14.0. The molecule has 0 aromatic heterocycles. The second-order valence-electron chi connectivity index (χ2n) is 5.12. The molecule has 0 aliphatic carbocycles. The third kappa shape index (κ3) is 3.12. The maximum Gasteiger partial charge on any atom is 0.306 e.